The van der Waals surface area contributed by atoms with E-state index in [9.17, 15) is 33.9 Å². The summed E-state index contributed by atoms with van der Waals surface area (Å²) >= 11 is 0. The summed E-state index contributed by atoms with van der Waals surface area (Å²) in [5.41, 5.74) is 15.5. The van der Waals surface area contributed by atoms with Crippen LogP contribution in [0.15, 0.2) is 35.3 Å². The first-order chi connectivity index (χ1) is 19.4. The predicted octanol–water partition coefficient (Wildman–Crippen LogP) is -2.42. The molecule has 1 aromatic rings. The van der Waals surface area contributed by atoms with Gasteiger partial charge in [0, 0.05) is 13.0 Å². The Balaban J connectivity index is 2.43. The molecule has 1 aromatic carbocycles. The van der Waals surface area contributed by atoms with E-state index in [4.69, 9.17) is 11.5 Å². The molecule has 41 heavy (non-hydrogen) atoms. The van der Waals surface area contributed by atoms with E-state index in [1.54, 1.807) is 44.2 Å². The van der Waals surface area contributed by atoms with Crippen LogP contribution < -0.4 is 43.6 Å². The van der Waals surface area contributed by atoms with Crippen molar-refractivity contribution in [3.8, 4) is 0 Å². The van der Waals surface area contributed by atoms with Crippen LogP contribution in [0.4, 0.5) is 4.79 Å². The monoisotopic (exact) mass is 575 g/mol. The Morgan fingerprint density at radius 3 is 2.10 bits per heavy atom. The number of benzene rings is 1. The molecule has 0 unspecified atom stereocenters. The number of hydrogen-bond donors (Lipinski definition) is 9. The maximum atomic E-state index is 13.4. The standard InChI is InChI=1S/C25H37N9O7/c1-13(2)19-23(40)29-15(9-6-10-28-24(26)27)22(39)33-34-25(41)31-17(12-18(35)36)20(37)30-16(21(38)32-19)11-14-7-4-3-5-8-14/h3-5,7-8,13,15-17,19H,6,9-12H2,1-2H3,(H,29,40)(H,30,37)(H,32,38)(H,33,39)(H,35,36)(H4,26,27,28)(H2,31,34,41)/t15-,16+,17-,19-/m0/s1. The third-order valence-corrected chi connectivity index (χ3v) is 6.04. The number of nitrogens with two attached hydrogens (primary N) is 2. The van der Waals surface area contributed by atoms with Crippen LogP contribution in [0.2, 0.25) is 0 Å². The Morgan fingerprint density at radius 2 is 1.49 bits per heavy atom. The number of aliphatic imine (C=N–C) groups is 1. The van der Waals surface area contributed by atoms with Gasteiger partial charge in [-0.25, -0.2) is 10.2 Å². The van der Waals surface area contributed by atoms with Gasteiger partial charge in [-0.15, -0.1) is 0 Å². The van der Waals surface area contributed by atoms with Crippen LogP contribution in [0.1, 0.15) is 38.7 Å². The zero-order valence-electron chi connectivity index (χ0n) is 22.8. The van der Waals surface area contributed by atoms with Crippen molar-refractivity contribution in [2.24, 2.45) is 22.4 Å². The fourth-order valence-corrected chi connectivity index (χ4v) is 3.94. The summed E-state index contributed by atoms with van der Waals surface area (Å²) in [5.74, 6) is -5.15. The summed E-state index contributed by atoms with van der Waals surface area (Å²) in [5, 5.41) is 19.2. The number of carboxylic acid groups (broad SMARTS) is 1. The minimum absolute atomic E-state index is 0.00426. The van der Waals surface area contributed by atoms with Crippen LogP contribution in [0.3, 0.4) is 0 Å². The molecule has 1 heterocycles. The summed E-state index contributed by atoms with van der Waals surface area (Å²) in [4.78, 5) is 80.4. The molecule has 6 amide bonds. The van der Waals surface area contributed by atoms with Crippen molar-refractivity contribution < 1.29 is 33.9 Å². The van der Waals surface area contributed by atoms with Crippen LogP contribution in [0.25, 0.3) is 0 Å². The highest BCUT2D eigenvalue weighted by molar-refractivity contribution is 5.97. The van der Waals surface area contributed by atoms with E-state index in [1.165, 1.54) is 0 Å². The molecule has 0 spiro atoms. The van der Waals surface area contributed by atoms with Crippen molar-refractivity contribution in [2.75, 3.05) is 6.54 Å². The number of urea groups is 1. The third kappa shape index (κ3) is 11.0. The van der Waals surface area contributed by atoms with Crippen LogP contribution in [-0.2, 0) is 30.4 Å². The first-order valence-corrected chi connectivity index (χ1v) is 13.0. The molecule has 16 heteroatoms. The lowest BCUT2D eigenvalue weighted by Crippen LogP contribution is -2.59. The van der Waals surface area contributed by atoms with Gasteiger partial charge in [0.15, 0.2) is 5.96 Å². The molecule has 224 valence electrons. The SMILES string of the molecule is CC(C)[C@@H]1NC(=O)[C@@H](Cc2ccccc2)NC(=O)[C@H](CC(=O)O)NC(=O)NNC(=O)[C@H](CCCN=C(N)N)NC1=O. The number of aliphatic carboxylic acids is 1. The van der Waals surface area contributed by atoms with Crippen LogP contribution in [-0.4, -0.2) is 77.4 Å². The van der Waals surface area contributed by atoms with Gasteiger partial charge < -0.3 is 37.8 Å². The first-order valence-electron chi connectivity index (χ1n) is 13.0. The maximum absolute atomic E-state index is 13.4. The van der Waals surface area contributed by atoms with Gasteiger partial charge in [-0.1, -0.05) is 44.2 Å². The Bertz CT molecular complexity index is 1140. The molecule has 0 radical (unpaired) electrons. The molecule has 1 aliphatic rings. The highest BCUT2D eigenvalue weighted by Crippen LogP contribution is 2.09. The largest absolute Gasteiger partial charge is 0.481 e. The lowest BCUT2D eigenvalue weighted by Gasteiger charge is -2.27. The van der Waals surface area contributed by atoms with Gasteiger partial charge in [0.05, 0.1) is 6.42 Å². The van der Waals surface area contributed by atoms with E-state index in [1.807, 2.05) is 5.43 Å². The minimum Gasteiger partial charge on any atom is -0.481 e. The number of guanidine groups is 1. The summed E-state index contributed by atoms with van der Waals surface area (Å²) in [6.07, 6.45) is -0.465. The van der Waals surface area contributed by atoms with Crippen molar-refractivity contribution in [3.63, 3.8) is 0 Å². The van der Waals surface area contributed by atoms with Gasteiger partial charge in [0.25, 0.3) is 5.91 Å². The topological polar surface area (TPSA) is 259 Å². The predicted molar refractivity (Wildman–Crippen MR) is 147 cm³/mol. The first kappa shape index (κ1) is 32.3. The number of amides is 6. The Morgan fingerprint density at radius 1 is 0.854 bits per heavy atom. The molecule has 11 N–H and O–H groups in total. The summed E-state index contributed by atoms with van der Waals surface area (Å²) in [6.45, 7) is 3.53. The van der Waals surface area contributed by atoms with Crippen LogP contribution in [0, 0.1) is 5.92 Å². The molecule has 0 bridgehead atoms. The molecule has 1 saturated heterocycles. The number of carbonyl (C=O) groups is 6. The number of nitrogens with one attached hydrogen (secondary N) is 6. The highest BCUT2D eigenvalue weighted by Gasteiger charge is 2.34. The minimum atomic E-state index is -1.60. The summed E-state index contributed by atoms with van der Waals surface area (Å²) in [7, 11) is 0. The zero-order valence-corrected chi connectivity index (χ0v) is 22.8. The third-order valence-electron chi connectivity index (χ3n) is 6.04. The van der Waals surface area contributed by atoms with E-state index < -0.39 is 72.1 Å². The van der Waals surface area contributed by atoms with Crippen molar-refractivity contribution in [1.29, 1.82) is 0 Å². The average molecular weight is 576 g/mol. The molecule has 0 aromatic heterocycles. The number of hydrazine groups is 1. The maximum Gasteiger partial charge on any atom is 0.334 e. The Labute approximate surface area is 236 Å². The Hall–Kier alpha value is -4.89. The van der Waals surface area contributed by atoms with Gasteiger partial charge >= 0.3 is 12.0 Å². The highest BCUT2D eigenvalue weighted by atomic mass is 16.4. The fraction of sp³-hybridized carbons (Fsp3) is 0.480. The molecule has 2 rings (SSSR count). The molecule has 4 atom stereocenters. The van der Waals surface area contributed by atoms with Gasteiger partial charge in [-0.05, 0) is 24.3 Å². The van der Waals surface area contributed by atoms with E-state index in [-0.39, 0.29) is 31.8 Å². The lowest BCUT2D eigenvalue weighted by atomic mass is 10.00. The molecular weight excluding hydrogens is 538 g/mol. The van der Waals surface area contributed by atoms with Gasteiger partial charge in [0.1, 0.15) is 24.2 Å². The molecule has 0 aliphatic carbocycles. The number of carboxylic acids is 1. The molecule has 0 saturated carbocycles. The second kappa shape index (κ2) is 15.6. The zero-order chi connectivity index (χ0) is 30.5. The molecule has 1 fully saturated rings. The number of hydrogen-bond acceptors (Lipinski definition) is 7. The van der Waals surface area contributed by atoms with E-state index in [0.717, 1.165) is 0 Å². The summed E-state index contributed by atoms with van der Waals surface area (Å²) in [6, 6.07) is 2.49. The lowest BCUT2D eigenvalue weighted by molar-refractivity contribution is -0.140. The van der Waals surface area contributed by atoms with Crippen LogP contribution in [0.5, 0.6) is 0 Å². The normalized spacial score (nSPS) is 22.5. The Kier molecular flexibility index (Phi) is 12.3. The van der Waals surface area contributed by atoms with E-state index >= 15 is 0 Å². The van der Waals surface area contributed by atoms with Gasteiger partial charge in [0.2, 0.25) is 17.7 Å². The second-order valence-electron chi connectivity index (χ2n) is 9.73. The summed E-state index contributed by atoms with van der Waals surface area (Å²) < 4.78 is 0. The number of rotatable bonds is 9. The van der Waals surface area contributed by atoms with Crippen molar-refractivity contribution in [1.82, 2.24) is 32.1 Å². The average Bonchev–Trinajstić information content (AvgIpc) is 2.90. The van der Waals surface area contributed by atoms with E-state index in [0.29, 0.717) is 5.56 Å². The molecule has 1 aliphatic heterocycles. The van der Waals surface area contributed by atoms with Gasteiger partial charge in [-0.2, -0.15) is 0 Å². The van der Waals surface area contributed by atoms with Crippen molar-refractivity contribution in [2.45, 2.75) is 63.7 Å². The van der Waals surface area contributed by atoms with Gasteiger partial charge in [-0.3, -0.25) is 34.4 Å². The fourth-order valence-electron chi connectivity index (χ4n) is 3.94. The molecular formula is C25H37N9O7. The second-order valence-corrected chi connectivity index (χ2v) is 9.73. The smallest absolute Gasteiger partial charge is 0.334 e. The van der Waals surface area contributed by atoms with Crippen molar-refractivity contribution in [3.05, 3.63) is 35.9 Å². The number of nitrogens with zero attached hydrogens (tertiary/aromatic N) is 1. The van der Waals surface area contributed by atoms with Crippen molar-refractivity contribution >= 4 is 41.6 Å². The van der Waals surface area contributed by atoms with Crippen LogP contribution >= 0.6 is 0 Å². The molecule has 16 nitrogen and oxygen atoms in total. The number of carbonyl (C=O) groups excluding carboxylic acids is 5. The quantitative estimate of drug-likeness (QED) is 0.0861. The van der Waals surface area contributed by atoms with E-state index in [2.05, 4.69) is 31.7 Å².